The second-order valence-electron chi connectivity index (χ2n) is 5.34. The number of rotatable bonds is 1. The van der Waals surface area contributed by atoms with Crippen LogP contribution in [0.25, 0.3) is 22.0 Å². The second kappa shape index (κ2) is 5.27. The van der Waals surface area contributed by atoms with E-state index in [9.17, 15) is 0 Å². The number of nitrogens with one attached hydrogen (secondary N) is 1. The standard InChI is InChI=1S/C17H16N4O/c18-16-8-12-9-19-4-3-14(12)17(21-16)11-1-2-15-13(7-11)10-20-5-6-22-15/h1-4,7-9,20H,5-6,10H2,(H2,18,21). The van der Waals surface area contributed by atoms with Crippen LogP contribution in [0.2, 0.25) is 0 Å². The first-order valence-electron chi connectivity index (χ1n) is 7.28. The second-order valence-corrected chi connectivity index (χ2v) is 5.34. The summed E-state index contributed by atoms with van der Waals surface area (Å²) in [5, 5.41) is 5.39. The number of ether oxygens (including phenoxy) is 1. The maximum absolute atomic E-state index is 5.95. The van der Waals surface area contributed by atoms with E-state index >= 15 is 0 Å². The zero-order chi connectivity index (χ0) is 14.9. The Kier molecular flexibility index (Phi) is 3.12. The fourth-order valence-corrected chi connectivity index (χ4v) is 2.80. The normalized spacial score (nSPS) is 14.2. The molecule has 0 fully saturated rings. The number of nitrogen functional groups attached to an aromatic ring is 1. The smallest absolute Gasteiger partial charge is 0.124 e. The lowest BCUT2D eigenvalue weighted by Crippen LogP contribution is -2.16. The van der Waals surface area contributed by atoms with Gasteiger partial charge in [0.25, 0.3) is 0 Å². The summed E-state index contributed by atoms with van der Waals surface area (Å²) in [5.74, 6) is 1.43. The molecule has 3 heterocycles. The number of hydrogen-bond donors (Lipinski definition) is 2. The lowest BCUT2D eigenvalue weighted by atomic mass is 10.0. The third-order valence-corrected chi connectivity index (χ3v) is 3.84. The van der Waals surface area contributed by atoms with Crippen molar-refractivity contribution in [1.29, 1.82) is 0 Å². The van der Waals surface area contributed by atoms with Crippen LogP contribution in [0.4, 0.5) is 5.82 Å². The van der Waals surface area contributed by atoms with E-state index in [0.717, 1.165) is 46.4 Å². The van der Waals surface area contributed by atoms with Gasteiger partial charge in [0.05, 0.1) is 5.69 Å². The van der Waals surface area contributed by atoms with Crippen molar-refractivity contribution in [1.82, 2.24) is 15.3 Å². The van der Waals surface area contributed by atoms with Gasteiger partial charge in [0.15, 0.2) is 0 Å². The van der Waals surface area contributed by atoms with Crippen molar-refractivity contribution in [2.45, 2.75) is 6.54 Å². The monoisotopic (exact) mass is 292 g/mol. The fraction of sp³-hybridized carbons (Fsp3) is 0.176. The van der Waals surface area contributed by atoms with Gasteiger partial charge in [0, 0.05) is 47.4 Å². The molecule has 22 heavy (non-hydrogen) atoms. The van der Waals surface area contributed by atoms with E-state index in [-0.39, 0.29) is 0 Å². The SMILES string of the molecule is Nc1cc2cnccc2c(-c2ccc3c(c2)CNCCO3)n1. The summed E-state index contributed by atoms with van der Waals surface area (Å²) in [6.07, 6.45) is 3.59. The van der Waals surface area contributed by atoms with Crippen molar-refractivity contribution in [2.24, 2.45) is 0 Å². The molecule has 3 N–H and O–H groups in total. The van der Waals surface area contributed by atoms with Crippen LogP contribution in [0.15, 0.2) is 42.7 Å². The highest BCUT2D eigenvalue weighted by Crippen LogP contribution is 2.31. The zero-order valence-electron chi connectivity index (χ0n) is 12.0. The molecule has 0 aliphatic carbocycles. The summed E-state index contributed by atoms with van der Waals surface area (Å²) in [6, 6.07) is 9.98. The molecule has 4 rings (SSSR count). The third-order valence-electron chi connectivity index (χ3n) is 3.84. The molecule has 0 amide bonds. The summed E-state index contributed by atoms with van der Waals surface area (Å²) >= 11 is 0. The number of pyridine rings is 2. The first-order chi connectivity index (χ1) is 10.8. The van der Waals surface area contributed by atoms with Crippen LogP contribution in [0, 0.1) is 0 Å². The van der Waals surface area contributed by atoms with Crippen molar-refractivity contribution in [3.63, 3.8) is 0 Å². The fourth-order valence-electron chi connectivity index (χ4n) is 2.80. The number of hydrogen-bond acceptors (Lipinski definition) is 5. The van der Waals surface area contributed by atoms with Crippen molar-refractivity contribution in [2.75, 3.05) is 18.9 Å². The third kappa shape index (κ3) is 2.25. The molecule has 0 radical (unpaired) electrons. The Bertz CT molecular complexity index is 847. The first-order valence-corrected chi connectivity index (χ1v) is 7.28. The van der Waals surface area contributed by atoms with E-state index in [1.165, 1.54) is 0 Å². The minimum absolute atomic E-state index is 0.500. The average Bonchev–Trinajstić information content (AvgIpc) is 2.78. The van der Waals surface area contributed by atoms with Gasteiger partial charge in [-0.05, 0) is 30.3 Å². The number of fused-ring (bicyclic) bond motifs is 2. The minimum atomic E-state index is 0.500. The number of nitrogens with two attached hydrogens (primary N) is 1. The highest BCUT2D eigenvalue weighted by molar-refractivity contribution is 5.95. The van der Waals surface area contributed by atoms with Crippen molar-refractivity contribution < 1.29 is 4.74 Å². The van der Waals surface area contributed by atoms with Gasteiger partial charge in [0.1, 0.15) is 18.2 Å². The van der Waals surface area contributed by atoms with Gasteiger partial charge in [-0.3, -0.25) is 4.98 Å². The summed E-state index contributed by atoms with van der Waals surface area (Å²) in [5.41, 5.74) is 9.00. The molecule has 0 atom stereocenters. The summed E-state index contributed by atoms with van der Waals surface area (Å²) in [7, 11) is 0. The predicted molar refractivity (Wildman–Crippen MR) is 86.6 cm³/mol. The highest BCUT2D eigenvalue weighted by Gasteiger charge is 2.12. The Morgan fingerprint density at radius 2 is 2.14 bits per heavy atom. The summed E-state index contributed by atoms with van der Waals surface area (Å²) in [4.78, 5) is 8.69. The van der Waals surface area contributed by atoms with E-state index < -0.39 is 0 Å². The molecule has 0 bridgehead atoms. The summed E-state index contributed by atoms with van der Waals surface area (Å²) < 4.78 is 5.73. The molecule has 5 heteroatoms. The van der Waals surface area contributed by atoms with Crippen molar-refractivity contribution in [3.8, 4) is 17.0 Å². The minimum Gasteiger partial charge on any atom is -0.492 e. The van der Waals surface area contributed by atoms with E-state index in [1.54, 1.807) is 6.20 Å². The maximum atomic E-state index is 5.95. The van der Waals surface area contributed by atoms with E-state index in [2.05, 4.69) is 21.4 Å². The molecule has 5 nitrogen and oxygen atoms in total. The van der Waals surface area contributed by atoms with Crippen LogP contribution >= 0.6 is 0 Å². The predicted octanol–water partition coefficient (Wildman–Crippen LogP) is 2.36. The van der Waals surface area contributed by atoms with Crippen molar-refractivity contribution in [3.05, 3.63) is 48.3 Å². The number of aromatic nitrogens is 2. The largest absolute Gasteiger partial charge is 0.492 e. The average molecular weight is 292 g/mol. The molecule has 2 aromatic heterocycles. The lowest BCUT2D eigenvalue weighted by Gasteiger charge is -2.11. The summed E-state index contributed by atoms with van der Waals surface area (Å²) in [6.45, 7) is 2.34. The van der Waals surface area contributed by atoms with Gasteiger partial charge < -0.3 is 15.8 Å². The molecule has 110 valence electrons. The first kappa shape index (κ1) is 13.0. The molecule has 1 aliphatic rings. The number of benzene rings is 1. The Labute approximate surface area is 128 Å². The van der Waals surface area contributed by atoms with Crippen LogP contribution in [-0.4, -0.2) is 23.1 Å². The number of anilines is 1. The quantitative estimate of drug-likeness (QED) is 0.720. The molecule has 0 unspecified atom stereocenters. The van der Waals surface area contributed by atoms with Gasteiger partial charge in [-0.2, -0.15) is 0 Å². The maximum Gasteiger partial charge on any atom is 0.124 e. The Morgan fingerprint density at radius 3 is 3.09 bits per heavy atom. The Morgan fingerprint density at radius 1 is 1.18 bits per heavy atom. The van der Waals surface area contributed by atoms with Gasteiger partial charge in [-0.25, -0.2) is 4.98 Å². The molecule has 1 aromatic carbocycles. The highest BCUT2D eigenvalue weighted by atomic mass is 16.5. The van der Waals surface area contributed by atoms with Crippen LogP contribution < -0.4 is 15.8 Å². The van der Waals surface area contributed by atoms with Crippen LogP contribution in [-0.2, 0) is 6.54 Å². The molecule has 3 aromatic rings. The topological polar surface area (TPSA) is 73.1 Å². The molecule has 0 saturated heterocycles. The van der Waals surface area contributed by atoms with Gasteiger partial charge in [-0.1, -0.05) is 0 Å². The molecular weight excluding hydrogens is 276 g/mol. The van der Waals surface area contributed by atoms with Gasteiger partial charge in [-0.15, -0.1) is 0 Å². The molecular formula is C17H16N4O. The molecule has 1 aliphatic heterocycles. The number of nitrogens with zero attached hydrogens (tertiary/aromatic N) is 2. The van der Waals surface area contributed by atoms with Gasteiger partial charge in [0.2, 0.25) is 0 Å². The van der Waals surface area contributed by atoms with E-state index in [1.807, 2.05) is 30.5 Å². The molecule has 0 saturated carbocycles. The zero-order valence-corrected chi connectivity index (χ0v) is 12.0. The van der Waals surface area contributed by atoms with E-state index in [0.29, 0.717) is 12.4 Å². The van der Waals surface area contributed by atoms with Crippen LogP contribution in [0.3, 0.4) is 0 Å². The van der Waals surface area contributed by atoms with Gasteiger partial charge >= 0.3 is 0 Å². The van der Waals surface area contributed by atoms with Crippen LogP contribution in [0.5, 0.6) is 5.75 Å². The van der Waals surface area contributed by atoms with Crippen LogP contribution in [0.1, 0.15) is 5.56 Å². The van der Waals surface area contributed by atoms with E-state index in [4.69, 9.17) is 10.5 Å². The van der Waals surface area contributed by atoms with Crippen molar-refractivity contribution >= 4 is 16.6 Å². The molecule has 0 spiro atoms. The lowest BCUT2D eigenvalue weighted by molar-refractivity contribution is 0.326. The Balaban J connectivity index is 1.90. The Hall–Kier alpha value is -2.66.